The molecule has 0 spiro atoms. The van der Waals surface area contributed by atoms with Gasteiger partial charge in [0.15, 0.2) is 0 Å². The van der Waals surface area contributed by atoms with Gasteiger partial charge in [-0.25, -0.2) is 0 Å². The van der Waals surface area contributed by atoms with Gasteiger partial charge in [0.05, 0.1) is 0 Å². The third kappa shape index (κ3) is 4.54. The molecule has 4 heteroatoms. The van der Waals surface area contributed by atoms with E-state index in [0.717, 1.165) is 19.5 Å². The van der Waals surface area contributed by atoms with E-state index in [1.165, 1.54) is 16.0 Å². The fourth-order valence-corrected chi connectivity index (χ4v) is 3.25. The zero-order valence-corrected chi connectivity index (χ0v) is 13.6. The second-order valence-electron chi connectivity index (χ2n) is 4.94. The molecule has 0 radical (unpaired) electrons. The maximum atomic E-state index is 11.3. The minimum absolute atomic E-state index is 0.269. The quantitative estimate of drug-likeness (QED) is 0.791. The molecule has 0 saturated carbocycles. The van der Waals surface area contributed by atoms with Crippen molar-refractivity contribution in [1.29, 1.82) is 0 Å². The molecule has 0 aliphatic carbocycles. The maximum Gasteiger partial charge on any atom is 0.0329 e. The minimum Gasteiger partial charge on any atom is -0.312 e. The van der Waals surface area contributed by atoms with Gasteiger partial charge in [-0.1, -0.05) is 37.3 Å². The topological polar surface area (TPSA) is 29.1 Å². The Balaban J connectivity index is 1.81. The van der Waals surface area contributed by atoms with Gasteiger partial charge in [0, 0.05) is 33.7 Å². The van der Waals surface area contributed by atoms with Crippen LogP contribution < -0.4 is 5.32 Å². The van der Waals surface area contributed by atoms with Crippen LogP contribution in [0.1, 0.15) is 18.2 Å². The van der Waals surface area contributed by atoms with E-state index in [4.69, 9.17) is 0 Å². The van der Waals surface area contributed by atoms with Gasteiger partial charge in [-0.2, -0.15) is 0 Å². The standard InChI is InChI=1S/C16H21NOS2/c1-13(20(2)18)8-9-17-11-16-10-15(12-19-16)14-6-4-3-5-7-14/h3-7,10,12-13,17H,8-9,11H2,1-2H3. The number of hydrogen-bond donors (Lipinski definition) is 1. The summed E-state index contributed by atoms with van der Waals surface area (Å²) in [6.45, 7) is 3.84. The fourth-order valence-electron chi connectivity index (χ4n) is 1.94. The Morgan fingerprint density at radius 1 is 1.25 bits per heavy atom. The highest BCUT2D eigenvalue weighted by molar-refractivity contribution is 7.84. The summed E-state index contributed by atoms with van der Waals surface area (Å²) in [5.41, 5.74) is 2.56. The summed E-state index contributed by atoms with van der Waals surface area (Å²) < 4.78 is 11.3. The molecular weight excluding hydrogens is 286 g/mol. The molecule has 0 saturated heterocycles. The van der Waals surface area contributed by atoms with Crippen LogP contribution in [0, 0.1) is 0 Å². The molecule has 1 heterocycles. The summed E-state index contributed by atoms with van der Waals surface area (Å²) in [4.78, 5) is 1.34. The number of hydrogen-bond acceptors (Lipinski definition) is 3. The molecule has 2 unspecified atom stereocenters. The van der Waals surface area contributed by atoms with E-state index in [0.29, 0.717) is 0 Å². The first-order chi connectivity index (χ1) is 9.66. The Hall–Kier alpha value is -0.970. The predicted octanol–water partition coefficient (Wildman–Crippen LogP) is 3.66. The van der Waals surface area contributed by atoms with Crippen LogP contribution in [0.25, 0.3) is 11.1 Å². The van der Waals surface area contributed by atoms with E-state index in [1.807, 2.05) is 13.0 Å². The van der Waals surface area contributed by atoms with Crippen molar-refractivity contribution in [2.24, 2.45) is 0 Å². The predicted molar refractivity (Wildman–Crippen MR) is 89.6 cm³/mol. The summed E-state index contributed by atoms with van der Waals surface area (Å²) in [7, 11) is -0.716. The Labute approximate surface area is 127 Å². The van der Waals surface area contributed by atoms with Crippen LogP contribution in [0.15, 0.2) is 41.8 Å². The monoisotopic (exact) mass is 307 g/mol. The molecule has 2 rings (SSSR count). The van der Waals surface area contributed by atoms with Crippen LogP contribution in [0.3, 0.4) is 0 Å². The molecule has 0 aliphatic heterocycles. The Kier molecular flexibility index (Phi) is 5.95. The third-order valence-electron chi connectivity index (χ3n) is 3.35. The van der Waals surface area contributed by atoms with Gasteiger partial charge in [-0.05, 0) is 35.5 Å². The molecule has 2 atom stereocenters. The first-order valence-corrected chi connectivity index (χ1v) is 9.32. The molecule has 108 valence electrons. The van der Waals surface area contributed by atoms with Crippen molar-refractivity contribution in [1.82, 2.24) is 5.32 Å². The molecule has 2 nitrogen and oxygen atoms in total. The lowest BCUT2D eigenvalue weighted by atomic mass is 10.1. The zero-order chi connectivity index (χ0) is 14.4. The molecule has 0 bridgehead atoms. The van der Waals surface area contributed by atoms with Crippen LogP contribution in [-0.2, 0) is 17.3 Å². The van der Waals surface area contributed by atoms with Gasteiger partial charge < -0.3 is 5.32 Å². The van der Waals surface area contributed by atoms with E-state index in [-0.39, 0.29) is 5.25 Å². The summed E-state index contributed by atoms with van der Waals surface area (Å²) in [6.07, 6.45) is 2.73. The van der Waals surface area contributed by atoms with Crippen molar-refractivity contribution < 1.29 is 4.21 Å². The Morgan fingerprint density at radius 3 is 2.70 bits per heavy atom. The van der Waals surface area contributed by atoms with Crippen molar-refractivity contribution >= 4 is 22.1 Å². The lowest BCUT2D eigenvalue weighted by Crippen LogP contribution is -2.20. The van der Waals surface area contributed by atoms with Crippen molar-refractivity contribution in [2.75, 3.05) is 12.8 Å². The number of thiophene rings is 1. The molecule has 2 aromatic rings. The smallest absolute Gasteiger partial charge is 0.0329 e. The van der Waals surface area contributed by atoms with Crippen LogP contribution in [0.5, 0.6) is 0 Å². The normalized spacial score (nSPS) is 14.1. The van der Waals surface area contributed by atoms with E-state index in [9.17, 15) is 4.21 Å². The third-order valence-corrected chi connectivity index (χ3v) is 5.66. The SMILES string of the molecule is CC(CCNCc1cc(-c2ccccc2)cs1)S(C)=O. The molecule has 1 N–H and O–H groups in total. The van der Waals surface area contributed by atoms with Gasteiger partial charge >= 0.3 is 0 Å². The molecule has 1 aromatic heterocycles. The van der Waals surface area contributed by atoms with Gasteiger partial charge in [-0.3, -0.25) is 4.21 Å². The summed E-state index contributed by atoms with van der Waals surface area (Å²) in [6, 6.07) is 12.7. The van der Waals surface area contributed by atoms with E-state index < -0.39 is 10.8 Å². The highest BCUT2D eigenvalue weighted by atomic mass is 32.2. The first-order valence-electron chi connectivity index (χ1n) is 6.82. The zero-order valence-electron chi connectivity index (χ0n) is 12.0. The van der Waals surface area contributed by atoms with Gasteiger partial charge in [0.2, 0.25) is 0 Å². The number of rotatable bonds is 7. The molecule has 0 aliphatic rings. The van der Waals surface area contributed by atoms with Crippen LogP contribution in [0.4, 0.5) is 0 Å². The Morgan fingerprint density at radius 2 is 2.00 bits per heavy atom. The van der Waals surface area contributed by atoms with Gasteiger partial charge in [0.1, 0.15) is 0 Å². The van der Waals surface area contributed by atoms with Crippen molar-refractivity contribution in [3.63, 3.8) is 0 Å². The second kappa shape index (κ2) is 7.72. The Bertz CT molecular complexity index is 551. The van der Waals surface area contributed by atoms with Gasteiger partial charge in [0.25, 0.3) is 0 Å². The average molecular weight is 307 g/mol. The fraction of sp³-hybridized carbons (Fsp3) is 0.375. The lowest BCUT2D eigenvalue weighted by Gasteiger charge is -2.08. The molecule has 0 amide bonds. The molecule has 20 heavy (non-hydrogen) atoms. The van der Waals surface area contributed by atoms with Crippen LogP contribution >= 0.6 is 11.3 Å². The van der Waals surface area contributed by atoms with Crippen molar-refractivity contribution in [3.05, 3.63) is 46.7 Å². The second-order valence-corrected chi connectivity index (χ2v) is 7.74. The van der Waals surface area contributed by atoms with E-state index in [2.05, 4.69) is 41.0 Å². The van der Waals surface area contributed by atoms with Crippen LogP contribution in [0.2, 0.25) is 0 Å². The largest absolute Gasteiger partial charge is 0.312 e. The summed E-state index contributed by atoms with van der Waals surface area (Å²) in [5, 5.41) is 5.90. The van der Waals surface area contributed by atoms with Gasteiger partial charge in [-0.15, -0.1) is 11.3 Å². The highest BCUT2D eigenvalue weighted by Crippen LogP contribution is 2.25. The number of nitrogens with one attached hydrogen (secondary N) is 1. The first kappa shape index (κ1) is 15.4. The number of benzene rings is 1. The summed E-state index contributed by atoms with van der Waals surface area (Å²) in [5.74, 6) is 0. The maximum absolute atomic E-state index is 11.3. The lowest BCUT2D eigenvalue weighted by molar-refractivity contribution is 0.632. The van der Waals surface area contributed by atoms with Crippen molar-refractivity contribution in [3.8, 4) is 11.1 Å². The van der Waals surface area contributed by atoms with E-state index >= 15 is 0 Å². The average Bonchev–Trinajstić information content (AvgIpc) is 2.93. The molecule has 0 fully saturated rings. The summed E-state index contributed by atoms with van der Waals surface area (Å²) >= 11 is 1.79. The van der Waals surface area contributed by atoms with Crippen molar-refractivity contribution in [2.45, 2.75) is 25.1 Å². The highest BCUT2D eigenvalue weighted by Gasteiger charge is 2.06. The molecule has 1 aromatic carbocycles. The minimum atomic E-state index is -0.716. The van der Waals surface area contributed by atoms with Crippen LogP contribution in [-0.4, -0.2) is 22.3 Å². The van der Waals surface area contributed by atoms with E-state index in [1.54, 1.807) is 17.6 Å². The molecular formula is C16H21NOS2.